The Morgan fingerprint density at radius 2 is 1.85 bits per heavy atom. The standard InChI is InChI=1S/C23H23FN4O5/c1-14(2)33-22(29)12-19(16-8-4-6-10-20(16)28(31)32)26-23(30)17-13-25-27(15(17)3)21-11-7-5-9-18(21)24/h4-11,13-14,19H,12H2,1-3H3,(H,26,30). The van der Waals surface area contributed by atoms with Gasteiger partial charge in [-0.05, 0) is 32.9 Å². The summed E-state index contributed by atoms with van der Waals surface area (Å²) in [5, 5.41) is 18.3. The van der Waals surface area contributed by atoms with E-state index in [1.165, 1.54) is 41.2 Å². The summed E-state index contributed by atoms with van der Waals surface area (Å²) in [7, 11) is 0. The smallest absolute Gasteiger partial charge is 0.308 e. The number of ether oxygens (including phenoxy) is 1. The van der Waals surface area contributed by atoms with Gasteiger partial charge in [0.05, 0.1) is 46.5 Å². The molecule has 0 fully saturated rings. The minimum Gasteiger partial charge on any atom is -0.463 e. The van der Waals surface area contributed by atoms with Gasteiger partial charge in [-0.15, -0.1) is 0 Å². The number of carbonyl (C=O) groups is 2. The van der Waals surface area contributed by atoms with Gasteiger partial charge < -0.3 is 10.1 Å². The minimum absolute atomic E-state index is 0.138. The normalized spacial score (nSPS) is 11.8. The molecule has 0 saturated heterocycles. The third-order valence-corrected chi connectivity index (χ3v) is 4.89. The van der Waals surface area contributed by atoms with Crippen molar-refractivity contribution in [1.82, 2.24) is 15.1 Å². The number of nitro benzene ring substituents is 1. The van der Waals surface area contributed by atoms with Gasteiger partial charge >= 0.3 is 5.97 Å². The van der Waals surface area contributed by atoms with Crippen LogP contribution >= 0.6 is 0 Å². The fourth-order valence-corrected chi connectivity index (χ4v) is 3.40. The maximum absolute atomic E-state index is 14.2. The lowest BCUT2D eigenvalue weighted by Crippen LogP contribution is -2.31. The van der Waals surface area contributed by atoms with Gasteiger partial charge in [0.2, 0.25) is 0 Å². The number of nitrogens with one attached hydrogen (secondary N) is 1. The number of amides is 1. The lowest BCUT2D eigenvalue weighted by Gasteiger charge is -2.19. The first-order valence-corrected chi connectivity index (χ1v) is 10.2. The number of benzene rings is 2. The number of carbonyl (C=O) groups excluding carboxylic acids is 2. The van der Waals surface area contributed by atoms with Crippen molar-refractivity contribution >= 4 is 17.6 Å². The first-order chi connectivity index (χ1) is 15.7. The van der Waals surface area contributed by atoms with E-state index in [0.29, 0.717) is 5.69 Å². The Balaban J connectivity index is 1.94. The molecule has 172 valence electrons. The Morgan fingerprint density at radius 3 is 2.52 bits per heavy atom. The quantitative estimate of drug-likeness (QED) is 0.312. The van der Waals surface area contributed by atoms with Crippen molar-refractivity contribution in [1.29, 1.82) is 0 Å². The molecular weight excluding hydrogens is 431 g/mol. The third kappa shape index (κ3) is 5.40. The molecule has 1 atom stereocenters. The topological polar surface area (TPSA) is 116 Å². The second-order valence-electron chi connectivity index (χ2n) is 7.59. The van der Waals surface area contributed by atoms with Gasteiger partial charge in [-0.3, -0.25) is 19.7 Å². The average molecular weight is 454 g/mol. The minimum atomic E-state index is -1.03. The summed E-state index contributed by atoms with van der Waals surface area (Å²) in [4.78, 5) is 36.4. The summed E-state index contributed by atoms with van der Waals surface area (Å²) >= 11 is 0. The molecule has 3 aromatic rings. The summed E-state index contributed by atoms with van der Waals surface area (Å²) in [6.45, 7) is 4.95. The molecule has 10 heteroatoms. The molecule has 33 heavy (non-hydrogen) atoms. The molecule has 0 radical (unpaired) electrons. The zero-order chi connectivity index (χ0) is 24.1. The van der Waals surface area contributed by atoms with Crippen LogP contribution in [0.15, 0.2) is 54.7 Å². The monoisotopic (exact) mass is 454 g/mol. The Bertz CT molecular complexity index is 1190. The summed E-state index contributed by atoms with van der Waals surface area (Å²) in [5.41, 5.74) is 0.599. The number of hydrogen-bond acceptors (Lipinski definition) is 6. The lowest BCUT2D eigenvalue weighted by atomic mass is 10.0. The number of hydrogen-bond donors (Lipinski definition) is 1. The van der Waals surface area contributed by atoms with E-state index in [0.717, 1.165) is 0 Å². The van der Waals surface area contributed by atoms with Crippen LogP contribution in [-0.2, 0) is 9.53 Å². The van der Waals surface area contributed by atoms with E-state index in [2.05, 4.69) is 10.4 Å². The van der Waals surface area contributed by atoms with Crippen molar-refractivity contribution in [2.75, 3.05) is 0 Å². The number of esters is 1. The fraction of sp³-hybridized carbons (Fsp3) is 0.261. The largest absolute Gasteiger partial charge is 0.463 e. The van der Waals surface area contributed by atoms with Crippen molar-refractivity contribution in [3.05, 3.63) is 87.5 Å². The van der Waals surface area contributed by atoms with Crippen molar-refractivity contribution < 1.29 is 23.6 Å². The highest BCUT2D eigenvalue weighted by Gasteiger charge is 2.28. The number of para-hydroxylation sites is 2. The molecule has 1 N–H and O–H groups in total. The van der Waals surface area contributed by atoms with Crippen LogP contribution in [-0.4, -0.2) is 32.7 Å². The molecule has 1 heterocycles. The van der Waals surface area contributed by atoms with Crippen LogP contribution in [0.25, 0.3) is 5.69 Å². The molecule has 0 spiro atoms. The Hall–Kier alpha value is -4.08. The van der Waals surface area contributed by atoms with Crippen LogP contribution in [0, 0.1) is 22.9 Å². The zero-order valence-corrected chi connectivity index (χ0v) is 18.3. The van der Waals surface area contributed by atoms with Crippen molar-refractivity contribution in [2.24, 2.45) is 0 Å². The van der Waals surface area contributed by atoms with Crippen LogP contribution in [0.4, 0.5) is 10.1 Å². The number of halogens is 1. The lowest BCUT2D eigenvalue weighted by molar-refractivity contribution is -0.385. The molecule has 9 nitrogen and oxygen atoms in total. The highest BCUT2D eigenvalue weighted by molar-refractivity contribution is 5.95. The predicted octanol–water partition coefficient (Wildman–Crippen LogP) is 4.04. The highest BCUT2D eigenvalue weighted by Crippen LogP contribution is 2.28. The van der Waals surface area contributed by atoms with Crippen LogP contribution in [0.2, 0.25) is 0 Å². The Labute approximate surface area is 189 Å². The molecule has 0 bridgehead atoms. The molecule has 0 aliphatic rings. The van der Waals surface area contributed by atoms with Crippen molar-refractivity contribution in [2.45, 2.75) is 39.3 Å². The van der Waals surface area contributed by atoms with Crippen LogP contribution in [0.5, 0.6) is 0 Å². The van der Waals surface area contributed by atoms with Gasteiger partial charge in [-0.2, -0.15) is 5.10 Å². The number of nitrogens with zero attached hydrogens (tertiary/aromatic N) is 3. The van der Waals surface area contributed by atoms with Gasteiger partial charge in [-0.1, -0.05) is 30.3 Å². The van der Waals surface area contributed by atoms with E-state index in [9.17, 15) is 24.1 Å². The van der Waals surface area contributed by atoms with Crippen LogP contribution in [0.3, 0.4) is 0 Å². The molecule has 1 unspecified atom stereocenters. The highest BCUT2D eigenvalue weighted by atomic mass is 19.1. The van der Waals surface area contributed by atoms with E-state index in [1.807, 2.05) is 0 Å². The maximum Gasteiger partial charge on any atom is 0.308 e. The van der Waals surface area contributed by atoms with Crippen molar-refractivity contribution in [3.63, 3.8) is 0 Å². The third-order valence-electron chi connectivity index (χ3n) is 4.89. The summed E-state index contributed by atoms with van der Waals surface area (Å²) < 4.78 is 20.6. The zero-order valence-electron chi connectivity index (χ0n) is 18.3. The second-order valence-corrected chi connectivity index (χ2v) is 7.59. The fourth-order valence-electron chi connectivity index (χ4n) is 3.40. The van der Waals surface area contributed by atoms with Crippen LogP contribution < -0.4 is 5.32 Å². The maximum atomic E-state index is 14.2. The molecule has 0 aliphatic heterocycles. The van der Waals surface area contributed by atoms with Crippen molar-refractivity contribution in [3.8, 4) is 5.69 Å². The van der Waals surface area contributed by atoms with Crippen LogP contribution in [0.1, 0.15) is 47.9 Å². The van der Waals surface area contributed by atoms with Gasteiger partial charge in [0.1, 0.15) is 11.5 Å². The van der Waals surface area contributed by atoms with Gasteiger partial charge in [0.15, 0.2) is 0 Å². The summed E-state index contributed by atoms with van der Waals surface area (Å²) in [6.07, 6.45) is 0.579. The van der Waals surface area contributed by atoms with E-state index in [4.69, 9.17) is 4.74 Å². The average Bonchev–Trinajstić information content (AvgIpc) is 3.14. The van der Waals surface area contributed by atoms with Gasteiger partial charge in [-0.25, -0.2) is 9.07 Å². The number of aromatic nitrogens is 2. The second kappa shape index (κ2) is 10.0. The Morgan fingerprint density at radius 1 is 1.18 bits per heavy atom. The van der Waals surface area contributed by atoms with Gasteiger partial charge in [0, 0.05) is 6.07 Å². The molecular formula is C23H23FN4O5. The van der Waals surface area contributed by atoms with E-state index >= 15 is 0 Å². The predicted molar refractivity (Wildman–Crippen MR) is 117 cm³/mol. The molecule has 3 rings (SSSR count). The molecule has 0 saturated carbocycles. The van der Waals surface area contributed by atoms with E-state index in [-0.39, 0.29) is 35.0 Å². The van der Waals surface area contributed by atoms with E-state index in [1.54, 1.807) is 39.0 Å². The SMILES string of the molecule is Cc1c(C(=O)NC(CC(=O)OC(C)C)c2ccccc2[N+](=O)[O-])cnn1-c1ccccc1F. The Kier molecular flexibility index (Phi) is 7.17. The van der Waals surface area contributed by atoms with Gasteiger partial charge in [0.25, 0.3) is 11.6 Å². The van der Waals surface area contributed by atoms with E-state index < -0.39 is 28.7 Å². The molecule has 1 aromatic heterocycles. The number of nitro groups is 1. The molecule has 0 aliphatic carbocycles. The number of rotatable bonds is 8. The molecule has 2 aromatic carbocycles. The molecule has 1 amide bonds. The summed E-state index contributed by atoms with van der Waals surface area (Å²) in [5.74, 6) is -1.74. The first kappa shape index (κ1) is 23.6. The first-order valence-electron chi connectivity index (χ1n) is 10.2. The summed E-state index contributed by atoms with van der Waals surface area (Å²) in [6, 6.07) is 10.8.